The molecule has 2 unspecified atom stereocenters. The van der Waals surface area contributed by atoms with Crippen LogP contribution in [-0.2, 0) is 4.43 Å². The van der Waals surface area contributed by atoms with Crippen LogP contribution in [0.15, 0.2) is 11.1 Å². The average Bonchev–Trinajstić information content (AvgIpc) is 2.95. The normalized spacial score (nSPS) is 24.6. The quantitative estimate of drug-likeness (QED) is 0.404. The van der Waals surface area contributed by atoms with E-state index in [1.165, 1.54) is 32.1 Å². The molecule has 122 valence electrons. The van der Waals surface area contributed by atoms with Crippen LogP contribution >= 0.6 is 0 Å². The summed E-state index contributed by atoms with van der Waals surface area (Å²) in [4.78, 5) is 0. The van der Waals surface area contributed by atoms with Crippen molar-refractivity contribution in [1.82, 2.24) is 0 Å². The van der Waals surface area contributed by atoms with Crippen LogP contribution in [0.1, 0.15) is 80.6 Å². The maximum Gasteiger partial charge on any atom is 0.201 e. The van der Waals surface area contributed by atoms with Crippen molar-refractivity contribution in [1.29, 1.82) is 0 Å². The van der Waals surface area contributed by atoms with Gasteiger partial charge in [0.25, 0.3) is 0 Å². The summed E-state index contributed by atoms with van der Waals surface area (Å²) in [6, 6.07) is 0. The molecule has 1 saturated carbocycles. The fourth-order valence-corrected chi connectivity index (χ4v) is 11.0. The first-order chi connectivity index (χ1) is 9.80. The Balaban J connectivity index is 2.23. The van der Waals surface area contributed by atoms with E-state index in [9.17, 15) is 0 Å². The largest absolute Gasteiger partial charge is 0.410 e. The minimum absolute atomic E-state index is 0.363. The molecular formula is C19H36OSi. The van der Waals surface area contributed by atoms with Gasteiger partial charge >= 0.3 is 0 Å². The number of rotatable bonds is 6. The highest BCUT2D eigenvalue weighted by atomic mass is 28.4. The van der Waals surface area contributed by atoms with Gasteiger partial charge in [-0.3, -0.25) is 0 Å². The summed E-state index contributed by atoms with van der Waals surface area (Å²) in [7, 11) is -1.74. The van der Waals surface area contributed by atoms with E-state index in [0.29, 0.717) is 22.7 Å². The molecule has 0 aliphatic heterocycles. The molecule has 0 aromatic heterocycles. The van der Waals surface area contributed by atoms with Gasteiger partial charge in [0.1, 0.15) is 0 Å². The van der Waals surface area contributed by atoms with Crippen LogP contribution in [0.25, 0.3) is 0 Å². The topological polar surface area (TPSA) is 9.23 Å². The molecule has 2 aliphatic carbocycles. The molecule has 0 heterocycles. The molecule has 21 heavy (non-hydrogen) atoms. The molecule has 2 aliphatic rings. The van der Waals surface area contributed by atoms with Gasteiger partial charge in [-0.1, -0.05) is 47.1 Å². The van der Waals surface area contributed by atoms with Crippen molar-refractivity contribution < 1.29 is 4.43 Å². The molecule has 0 spiro atoms. The molecule has 2 heteroatoms. The lowest BCUT2D eigenvalue weighted by Gasteiger charge is -2.44. The molecular weight excluding hydrogens is 272 g/mol. The molecule has 0 saturated heterocycles. The third-order valence-corrected chi connectivity index (χ3v) is 12.4. The van der Waals surface area contributed by atoms with Crippen LogP contribution in [0, 0.1) is 5.92 Å². The van der Waals surface area contributed by atoms with E-state index in [1.54, 1.807) is 11.1 Å². The molecule has 0 aromatic rings. The molecule has 0 amide bonds. The van der Waals surface area contributed by atoms with Crippen LogP contribution < -0.4 is 0 Å². The SMILES string of the molecule is CC(O[Si](C(C)C)(C(C)C)C(C)C)C1=C2CCCC2CC1. The fraction of sp³-hybridized carbons (Fsp3) is 0.895. The molecule has 0 aromatic carbocycles. The molecule has 1 nitrogen and oxygen atoms in total. The Hall–Kier alpha value is -0.0831. The maximum atomic E-state index is 7.00. The molecule has 1 fully saturated rings. The van der Waals surface area contributed by atoms with Crippen LogP contribution in [0.3, 0.4) is 0 Å². The number of fused-ring (bicyclic) bond motifs is 1. The van der Waals surface area contributed by atoms with Crippen molar-refractivity contribution >= 4 is 8.32 Å². The summed E-state index contributed by atoms with van der Waals surface area (Å²) in [5, 5.41) is 0. The van der Waals surface area contributed by atoms with Crippen LogP contribution in [0.2, 0.25) is 16.6 Å². The zero-order chi connectivity index (χ0) is 15.8. The van der Waals surface area contributed by atoms with Gasteiger partial charge in [0.2, 0.25) is 8.32 Å². The highest BCUT2D eigenvalue weighted by molar-refractivity contribution is 6.77. The molecule has 0 bridgehead atoms. The van der Waals surface area contributed by atoms with E-state index in [-0.39, 0.29) is 0 Å². The van der Waals surface area contributed by atoms with Crippen molar-refractivity contribution in [3.05, 3.63) is 11.1 Å². The van der Waals surface area contributed by atoms with Crippen molar-refractivity contribution in [3.63, 3.8) is 0 Å². The first-order valence-corrected chi connectivity index (χ1v) is 11.3. The van der Waals surface area contributed by atoms with E-state index >= 15 is 0 Å². The van der Waals surface area contributed by atoms with Crippen molar-refractivity contribution in [2.24, 2.45) is 5.92 Å². The fourth-order valence-electron chi connectivity index (χ4n) is 5.40. The average molecular weight is 309 g/mol. The summed E-state index contributed by atoms with van der Waals surface area (Å²) in [6.07, 6.45) is 7.27. The Morgan fingerprint density at radius 2 is 1.43 bits per heavy atom. The van der Waals surface area contributed by atoms with E-state index in [1.807, 2.05) is 0 Å². The lowest BCUT2D eigenvalue weighted by atomic mass is 10.0. The highest BCUT2D eigenvalue weighted by Crippen LogP contribution is 2.48. The first-order valence-electron chi connectivity index (χ1n) is 9.20. The Bertz CT molecular complexity index is 373. The van der Waals surface area contributed by atoms with E-state index in [4.69, 9.17) is 4.43 Å². The van der Waals surface area contributed by atoms with Gasteiger partial charge in [0.15, 0.2) is 0 Å². The summed E-state index contributed by atoms with van der Waals surface area (Å²) < 4.78 is 7.00. The predicted octanol–water partition coefficient (Wildman–Crippen LogP) is 6.46. The smallest absolute Gasteiger partial charge is 0.201 e. The first kappa shape index (κ1) is 17.3. The van der Waals surface area contributed by atoms with Crippen LogP contribution in [0.5, 0.6) is 0 Å². The summed E-state index contributed by atoms with van der Waals surface area (Å²) in [6.45, 7) is 16.7. The van der Waals surface area contributed by atoms with Gasteiger partial charge in [-0.05, 0) is 67.1 Å². The van der Waals surface area contributed by atoms with E-state index in [0.717, 1.165) is 5.92 Å². The standard InChI is InChI=1S/C19H36OSi/c1-13(2)21(14(3)4,15(5)6)20-16(7)18-12-11-17-9-8-10-19(17)18/h13-17H,8-12H2,1-7H3. The second-order valence-electron chi connectivity index (χ2n) is 8.26. The van der Waals surface area contributed by atoms with Gasteiger partial charge in [0, 0.05) is 0 Å². The zero-order valence-electron chi connectivity index (χ0n) is 15.3. The number of allylic oxidation sites excluding steroid dienone is 1. The summed E-state index contributed by atoms with van der Waals surface area (Å²) in [5.74, 6) is 0.916. The summed E-state index contributed by atoms with van der Waals surface area (Å²) in [5.41, 5.74) is 5.54. The second kappa shape index (κ2) is 6.58. The van der Waals surface area contributed by atoms with Gasteiger partial charge in [-0.15, -0.1) is 0 Å². The van der Waals surface area contributed by atoms with Gasteiger partial charge in [-0.2, -0.15) is 0 Å². The predicted molar refractivity (Wildman–Crippen MR) is 95.2 cm³/mol. The van der Waals surface area contributed by atoms with Crippen molar-refractivity contribution in [3.8, 4) is 0 Å². The second-order valence-corrected chi connectivity index (χ2v) is 13.7. The third-order valence-electron chi connectivity index (χ3n) is 6.24. The molecule has 0 N–H and O–H groups in total. The Labute approximate surface area is 133 Å². The monoisotopic (exact) mass is 308 g/mol. The van der Waals surface area contributed by atoms with Crippen LogP contribution in [-0.4, -0.2) is 14.4 Å². The zero-order valence-corrected chi connectivity index (χ0v) is 16.3. The van der Waals surface area contributed by atoms with Gasteiger partial charge < -0.3 is 4.43 Å². The van der Waals surface area contributed by atoms with E-state index in [2.05, 4.69) is 48.5 Å². The van der Waals surface area contributed by atoms with Crippen molar-refractivity contribution in [2.75, 3.05) is 0 Å². The minimum atomic E-state index is -1.74. The lowest BCUT2D eigenvalue weighted by Crippen LogP contribution is -2.50. The van der Waals surface area contributed by atoms with Gasteiger partial charge in [0.05, 0.1) is 6.10 Å². The minimum Gasteiger partial charge on any atom is -0.410 e. The number of hydrogen-bond donors (Lipinski definition) is 0. The maximum absolute atomic E-state index is 7.00. The Kier molecular flexibility index (Phi) is 5.41. The Morgan fingerprint density at radius 3 is 1.95 bits per heavy atom. The van der Waals surface area contributed by atoms with Crippen molar-refractivity contribution in [2.45, 2.75) is 103 Å². The highest BCUT2D eigenvalue weighted by Gasteiger charge is 2.47. The summed E-state index contributed by atoms with van der Waals surface area (Å²) >= 11 is 0. The lowest BCUT2D eigenvalue weighted by molar-refractivity contribution is 0.219. The molecule has 2 rings (SSSR count). The number of hydrogen-bond acceptors (Lipinski definition) is 1. The van der Waals surface area contributed by atoms with Crippen LogP contribution in [0.4, 0.5) is 0 Å². The Morgan fingerprint density at radius 1 is 0.857 bits per heavy atom. The molecule has 0 radical (unpaired) electrons. The van der Waals surface area contributed by atoms with E-state index < -0.39 is 8.32 Å². The van der Waals surface area contributed by atoms with Gasteiger partial charge in [-0.25, -0.2) is 0 Å². The third kappa shape index (κ3) is 3.03. The molecule has 2 atom stereocenters.